The first-order chi connectivity index (χ1) is 13.9. The fourth-order valence-corrected chi connectivity index (χ4v) is 4.61. The molecule has 0 spiro atoms. The Morgan fingerprint density at radius 2 is 1.90 bits per heavy atom. The van der Waals surface area contributed by atoms with E-state index in [0.717, 1.165) is 48.1 Å². The number of nitrogens with one attached hydrogen (secondary N) is 1. The number of hydrogen-bond acceptors (Lipinski definition) is 5. The molecule has 0 atom stereocenters. The van der Waals surface area contributed by atoms with Gasteiger partial charge in [0.15, 0.2) is 5.82 Å². The lowest BCUT2D eigenvalue weighted by Crippen LogP contribution is -2.17. The Labute approximate surface area is 172 Å². The first-order valence-corrected chi connectivity index (χ1v) is 11.7. The third kappa shape index (κ3) is 5.26. The summed E-state index contributed by atoms with van der Waals surface area (Å²) < 4.78 is 29.5. The predicted octanol–water partition coefficient (Wildman–Crippen LogP) is 3.89. The number of rotatable bonds is 10. The second kappa shape index (κ2) is 9.26. The van der Waals surface area contributed by atoms with Gasteiger partial charge >= 0.3 is 0 Å². The minimum absolute atomic E-state index is 0.0848. The summed E-state index contributed by atoms with van der Waals surface area (Å²) in [4.78, 5) is 8.96. The number of nitrogen functional groups attached to an aromatic ring is 1. The van der Waals surface area contributed by atoms with E-state index in [9.17, 15) is 8.42 Å². The molecule has 2 heterocycles. The number of benzene rings is 1. The summed E-state index contributed by atoms with van der Waals surface area (Å²) in [6.07, 6.45) is 6.08. The van der Waals surface area contributed by atoms with Crippen LogP contribution in [-0.2, 0) is 23.0 Å². The lowest BCUT2D eigenvalue weighted by Gasteiger charge is -2.11. The predicted molar refractivity (Wildman–Crippen MR) is 118 cm³/mol. The number of hydrogen-bond donors (Lipinski definition) is 2. The quantitative estimate of drug-likeness (QED) is 0.489. The van der Waals surface area contributed by atoms with Gasteiger partial charge < -0.3 is 10.3 Å². The van der Waals surface area contributed by atoms with Gasteiger partial charge in [0, 0.05) is 24.8 Å². The summed E-state index contributed by atoms with van der Waals surface area (Å²) in [5.74, 6) is 1.52. The molecule has 0 saturated carbocycles. The molecule has 8 heteroatoms. The van der Waals surface area contributed by atoms with Crippen LogP contribution in [0.4, 0.5) is 11.5 Å². The topological polar surface area (TPSA) is 103 Å². The van der Waals surface area contributed by atoms with Crippen LogP contribution in [0.15, 0.2) is 36.5 Å². The van der Waals surface area contributed by atoms with Crippen LogP contribution in [0.25, 0.3) is 11.0 Å². The first kappa shape index (κ1) is 21.1. The summed E-state index contributed by atoms with van der Waals surface area (Å²) in [7, 11) is -3.36. The van der Waals surface area contributed by atoms with Crippen molar-refractivity contribution < 1.29 is 8.42 Å². The van der Waals surface area contributed by atoms with Gasteiger partial charge in [0.05, 0.1) is 11.3 Å². The summed E-state index contributed by atoms with van der Waals surface area (Å²) in [6.45, 7) is 4.87. The van der Waals surface area contributed by atoms with Crippen molar-refractivity contribution >= 4 is 32.6 Å². The van der Waals surface area contributed by atoms with Gasteiger partial charge in [-0.2, -0.15) is 0 Å². The van der Waals surface area contributed by atoms with Crippen molar-refractivity contribution in [1.29, 1.82) is 0 Å². The summed E-state index contributed by atoms with van der Waals surface area (Å²) in [5, 5.41) is 0. The molecule has 156 valence electrons. The van der Waals surface area contributed by atoms with Crippen molar-refractivity contribution in [3.8, 4) is 0 Å². The van der Waals surface area contributed by atoms with E-state index in [-0.39, 0.29) is 5.75 Å². The average Bonchev–Trinajstić information content (AvgIpc) is 3.06. The zero-order chi connectivity index (χ0) is 20.9. The van der Waals surface area contributed by atoms with E-state index >= 15 is 0 Å². The lowest BCUT2D eigenvalue weighted by atomic mass is 10.2. The molecule has 2 aromatic heterocycles. The van der Waals surface area contributed by atoms with Gasteiger partial charge in [-0.05, 0) is 43.9 Å². The minimum Gasteiger partial charge on any atom is -0.382 e. The van der Waals surface area contributed by atoms with Gasteiger partial charge in [-0.25, -0.2) is 18.4 Å². The molecular weight excluding hydrogens is 386 g/mol. The number of para-hydroxylation sites is 1. The van der Waals surface area contributed by atoms with Gasteiger partial charge in [0.25, 0.3) is 0 Å². The monoisotopic (exact) mass is 415 g/mol. The SMILES string of the molecule is CCCCc1nc2c(N)ncc(C)c2n1CCCCS(=O)(=O)Nc1ccccc1. The summed E-state index contributed by atoms with van der Waals surface area (Å²) in [6, 6.07) is 8.96. The zero-order valence-corrected chi connectivity index (χ0v) is 17.9. The molecule has 0 radical (unpaired) electrons. The number of aryl methyl sites for hydroxylation is 3. The largest absolute Gasteiger partial charge is 0.382 e. The maximum atomic E-state index is 12.3. The number of imidazole rings is 1. The third-order valence-electron chi connectivity index (χ3n) is 4.91. The molecular formula is C21H29N5O2S. The molecule has 0 aliphatic carbocycles. The smallest absolute Gasteiger partial charge is 0.232 e. The molecule has 1 aromatic carbocycles. The Bertz CT molecular complexity index is 1060. The second-order valence-corrected chi connectivity index (χ2v) is 9.14. The minimum atomic E-state index is -3.36. The molecule has 0 unspecified atom stereocenters. The Kier molecular flexibility index (Phi) is 6.74. The number of aromatic nitrogens is 3. The van der Waals surface area contributed by atoms with Crippen molar-refractivity contribution in [3.05, 3.63) is 47.9 Å². The van der Waals surface area contributed by atoms with Crippen molar-refractivity contribution in [3.63, 3.8) is 0 Å². The fraction of sp³-hybridized carbons (Fsp3) is 0.429. The number of nitrogens with two attached hydrogens (primary N) is 1. The number of fused-ring (bicyclic) bond motifs is 1. The van der Waals surface area contributed by atoms with E-state index in [1.165, 1.54) is 0 Å². The molecule has 3 aromatic rings. The van der Waals surface area contributed by atoms with Crippen LogP contribution in [0, 0.1) is 6.92 Å². The second-order valence-electron chi connectivity index (χ2n) is 7.30. The number of anilines is 2. The standard InChI is InChI=1S/C21H29N5O2S/c1-3-4-12-18-24-19-20(16(2)15-23-21(19)22)26(18)13-8-9-14-29(27,28)25-17-10-6-5-7-11-17/h5-7,10-11,15,25H,3-4,8-9,12-14H2,1-2H3,(H2,22,23). The van der Waals surface area contributed by atoms with E-state index in [0.29, 0.717) is 24.5 Å². The number of sulfonamides is 1. The Morgan fingerprint density at radius 3 is 2.62 bits per heavy atom. The summed E-state index contributed by atoms with van der Waals surface area (Å²) >= 11 is 0. The molecule has 0 amide bonds. The molecule has 0 aliphatic heterocycles. The van der Waals surface area contributed by atoms with Gasteiger partial charge in [0.2, 0.25) is 10.0 Å². The van der Waals surface area contributed by atoms with Crippen LogP contribution in [0.3, 0.4) is 0 Å². The van der Waals surface area contributed by atoms with Gasteiger partial charge in [-0.1, -0.05) is 31.5 Å². The lowest BCUT2D eigenvalue weighted by molar-refractivity contribution is 0.581. The highest BCUT2D eigenvalue weighted by molar-refractivity contribution is 7.92. The Morgan fingerprint density at radius 1 is 1.14 bits per heavy atom. The Balaban J connectivity index is 1.69. The van der Waals surface area contributed by atoms with Gasteiger partial charge in [-0.15, -0.1) is 0 Å². The number of nitrogens with zero attached hydrogens (tertiary/aromatic N) is 3. The highest BCUT2D eigenvalue weighted by atomic mass is 32.2. The third-order valence-corrected chi connectivity index (χ3v) is 6.28. The van der Waals surface area contributed by atoms with Crippen LogP contribution < -0.4 is 10.5 Å². The highest BCUT2D eigenvalue weighted by Gasteiger charge is 2.16. The Hall–Kier alpha value is -2.61. The van der Waals surface area contributed by atoms with Crippen LogP contribution in [-0.4, -0.2) is 28.7 Å². The maximum Gasteiger partial charge on any atom is 0.232 e. The zero-order valence-electron chi connectivity index (χ0n) is 17.1. The average molecular weight is 416 g/mol. The number of pyridine rings is 1. The molecule has 0 bridgehead atoms. The van der Waals surface area contributed by atoms with Crippen molar-refractivity contribution in [2.45, 2.75) is 52.5 Å². The normalized spacial score (nSPS) is 11.8. The van der Waals surface area contributed by atoms with E-state index in [4.69, 9.17) is 10.7 Å². The fourth-order valence-electron chi connectivity index (χ4n) is 3.43. The number of unbranched alkanes of at least 4 members (excludes halogenated alkanes) is 2. The van der Waals surface area contributed by atoms with Crippen LogP contribution in [0.2, 0.25) is 0 Å². The van der Waals surface area contributed by atoms with E-state index < -0.39 is 10.0 Å². The van der Waals surface area contributed by atoms with Crippen molar-refractivity contribution in [1.82, 2.24) is 14.5 Å². The molecule has 29 heavy (non-hydrogen) atoms. The molecule has 7 nitrogen and oxygen atoms in total. The van der Waals surface area contributed by atoms with Crippen LogP contribution in [0.1, 0.15) is 44.0 Å². The van der Waals surface area contributed by atoms with E-state index in [2.05, 4.69) is 21.2 Å². The molecule has 0 saturated heterocycles. The van der Waals surface area contributed by atoms with Gasteiger partial charge in [0.1, 0.15) is 11.3 Å². The van der Waals surface area contributed by atoms with E-state index in [1.807, 2.05) is 25.1 Å². The van der Waals surface area contributed by atoms with Gasteiger partial charge in [-0.3, -0.25) is 4.72 Å². The highest BCUT2D eigenvalue weighted by Crippen LogP contribution is 2.25. The molecule has 3 N–H and O–H groups in total. The van der Waals surface area contributed by atoms with Crippen LogP contribution in [0.5, 0.6) is 0 Å². The first-order valence-electron chi connectivity index (χ1n) is 10.1. The van der Waals surface area contributed by atoms with Crippen molar-refractivity contribution in [2.75, 3.05) is 16.2 Å². The molecule has 0 aliphatic rings. The summed E-state index contributed by atoms with van der Waals surface area (Å²) in [5.41, 5.74) is 9.42. The van der Waals surface area contributed by atoms with Crippen molar-refractivity contribution in [2.24, 2.45) is 0 Å². The van der Waals surface area contributed by atoms with E-state index in [1.54, 1.807) is 18.3 Å². The molecule has 3 rings (SSSR count). The maximum absolute atomic E-state index is 12.3. The van der Waals surface area contributed by atoms with Crippen LogP contribution >= 0.6 is 0 Å². The molecule has 0 fully saturated rings.